The molecule has 1 unspecified atom stereocenters. The lowest BCUT2D eigenvalue weighted by molar-refractivity contribution is -0.133. The average molecular weight is 289 g/mol. The highest BCUT2D eigenvalue weighted by molar-refractivity contribution is 5.85. The molecule has 1 aliphatic carbocycles. The zero-order valence-corrected chi connectivity index (χ0v) is 12.8. The number of nitrogens with two attached hydrogens (primary N) is 1. The number of amides is 1. The number of halogens is 1. The van der Waals surface area contributed by atoms with Gasteiger partial charge in [0.15, 0.2) is 0 Å². The maximum Gasteiger partial charge on any atom is 0.222 e. The Labute approximate surface area is 123 Å². The number of rotatable bonds is 4. The summed E-state index contributed by atoms with van der Waals surface area (Å²) in [6, 6.07) is 0. The second kappa shape index (κ2) is 8.80. The van der Waals surface area contributed by atoms with Crippen LogP contribution in [0.5, 0.6) is 0 Å². The molecule has 3 nitrogen and oxygen atoms in total. The summed E-state index contributed by atoms with van der Waals surface area (Å²) in [6.45, 7) is 2.59. The van der Waals surface area contributed by atoms with Crippen LogP contribution in [0.4, 0.5) is 0 Å². The van der Waals surface area contributed by atoms with E-state index in [1.807, 2.05) is 0 Å². The number of carbonyl (C=O) groups is 1. The zero-order valence-electron chi connectivity index (χ0n) is 12.0. The molecule has 1 saturated carbocycles. The molecule has 112 valence electrons. The number of nitrogens with zero attached hydrogens (tertiary/aromatic N) is 1. The number of likely N-dealkylation sites (tertiary alicyclic amines) is 1. The molecule has 1 amide bonds. The Balaban J connectivity index is 0.00000180. The Morgan fingerprint density at radius 1 is 1.05 bits per heavy atom. The van der Waals surface area contributed by atoms with E-state index in [0.29, 0.717) is 11.8 Å². The SMILES string of the molecule is Cl.NCC1CCCN(C(=O)CCC2CCCCC2)C1. The smallest absolute Gasteiger partial charge is 0.222 e. The zero-order chi connectivity index (χ0) is 12.8. The topological polar surface area (TPSA) is 46.3 Å². The van der Waals surface area contributed by atoms with Gasteiger partial charge in [0.1, 0.15) is 0 Å². The van der Waals surface area contributed by atoms with Crippen molar-refractivity contribution in [3.8, 4) is 0 Å². The summed E-state index contributed by atoms with van der Waals surface area (Å²) in [6.07, 6.45) is 11.0. The van der Waals surface area contributed by atoms with Crippen LogP contribution in [0, 0.1) is 11.8 Å². The van der Waals surface area contributed by atoms with Gasteiger partial charge in [0, 0.05) is 19.5 Å². The van der Waals surface area contributed by atoms with Gasteiger partial charge in [0.25, 0.3) is 0 Å². The summed E-state index contributed by atoms with van der Waals surface area (Å²) in [5, 5.41) is 0. The monoisotopic (exact) mass is 288 g/mol. The molecule has 0 radical (unpaired) electrons. The lowest BCUT2D eigenvalue weighted by Crippen LogP contribution is -2.42. The van der Waals surface area contributed by atoms with Gasteiger partial charge in [-0.05, 0) is 37.6 Å². The van der Waals surface area contributed by atoms with E-state index in [1.54, 1.807) is 0 Å². The summed E-state index contributed by atoms with van der Waals surface area (Å²) >= 11 is 0. The van der Waals surface area contributed by atoms with Crippen LogP contribution in [0.2, 0.25) is 0 Å². The van der Waals surface area contributed by atoms with Crippen LogP contribution in [-0.2, 0) is 4.79 Å². The first-order chi connectivity index (χ1) is 8.79. The van der Waals surface area contributed by atoms with Gasteiger partial charge in [-0.1, -0.05) is 32.1 Å². The number of hydrogen-bond donors (Lipinski definition) is 1. The van der Waals surface area contributed by atoms with Gasteiger partial charge in [-0.2, -0.15) is 0 Å². The van der Waals surface area contributed by atoms with Crippen molar-refractivity contribution in [2.24, 2.45) is 17.6 Å². The van der Waals surface area contributed by atoms with Crippen LogP contribution < -0.4 is 5.73 Å². The summed E-state index contributed by atoms with van der Waals surface area (Å²) in [5.74, 6) is 1.73. The standard InChI is InChI=1S/C15H28N2O.ClH/c16-11-14-7-4-10-17(12-14)15(18)9-8-13-5-2-1-3-6-13;/h13-14H,1-12,16H2;1H. The van der Waals surface area contributed by atoms with Gasteiger partial charge in [-0.15, -0.1) is 12.4 Å². The van der Waals surface area contributed by atoms with Crippen LogP contribution in [0.1, 0.15) is 57.8 Å². The van der Waals surface area contributed by atoms with Gasteiger partial charge < -0.3 is 10.6 Å². The number of carbonyl (C=O) groups excluding carboxylic acids is 1. The van der Waals surface area contributed by atoms with Crippen molar-refractivity contribution >= 4 is 18.3 Å². The lowest BCUT2D eigenvalue weighted by Gasteiger charge is -2.32. The van der Waals surface area contributed by atoms with E-state index in [-0.39, 0.29) is 12.4 Å². The quantitative estimate of drug-likeness (QED) is 0.864. The molecule has 0 aromatic carbocycles. The van der Waals surface area contributed by atoms with Gasteiger partial charge in [0.2, 0.25) is 5.91 Å². The molecule has 0 aromatic rings. The first-order valence-corrected chi connectivity index (χ1v) is 7.77. The molecular weight excluding hydrogens is 260 g/mol. The molecule has 2 rings (SSSR count). The minimum absolute atomic E-state index is 0. The van der Waals surface area contributed by atoms with E-state index in [9.17, 15) is 4.79 Å². The third-order valence-corrected chi connectivity index (χ3v) is 4.70. The van der Waals surface area contributed by atoms with E-state index < -0.39 is 0 Å². The summed E-state index contributed by atoms with van der Waals surface area (Å²) < 4.78 is 0. The van der Waals surface area contributed by atoms with Crippen molar-refractivity contribution in [3.63, 3.8) is 0 Å². The highest BCUT2D eigenvalue weighted by Gasteiger charge is 2.23. The number of piperidine rings is 1. The Morgan fingerprint density at radius 3 is 2.42 bits per heavy atom. The van der Waals surface area contributed by atoms with Crippen LogP contribution >= 0.6 is 12.4 Å². The van der Waals surface area contributed by atoms with Crippen LogP contribution in [0.15, 0.2) is 0 Å². The van der Waals surface area contributed by atoms with Crippen molar-refractivity contribution in [2.45, 2.75) is 57.8 Å². The van der Waals surface area contributed by atoms with E-state index in [4.69, 9.17) is 5.73 Å². The van der Waals surface area contributed by atoms with Crippen molar-refractivity contribution < 1.29 is 4.79 Å². The van der Waals surface area contributed by atoms with Crippen molar-refractivity contribution in [2.75, 3.05) is 19.6 Å². The van der Waals surface area contributed by atoms with Gasteiger partial charge in [0.05, 0.1) is 0 Å². The fraction of sp³-hybridized carbons (Fsp3) is 0.933. The molecule has 0 spiro atoms. The van der Waals surface area contributed by atoms with Gasteiger partial charge >= 0.3 is 0 Å². The molecule has 1 aliphatic heterocycles. The Bertz CT molecular complexity index is 267. The minimum atomic E-state index is 0. The maximum atomic E-state index is 12.2. The molecule has 1 heterocycles. The minimum Gasteiger partial charge on any atom is -0.342 e. The Kier molecular flexibility index (Phi) is 7.77. The Morgan fingerprint density at radius 2 is 1.74 bits per heavy atom. The van der Waals surface area contributed by atoms with Crippen molar-refractivity contribution in [3.05, 3.63) is 0 Å². The predicted molar refractivity (Wildman–Crippen MR) is 81.4 cm³/mol. The number of hydrogen-bond acceptors (Lipinski definition) is 2. The normalized spacial score (nSPS) is 24.9. The fourth-order valence-electron chi connectivity index (χ4n) is 3.45. The Hall–Kier alpha value is -0.280. The molecule has 19 heavy (non-hydrogen) atoms. The molecule has 2 N–H and O–H groups in total. The van der Waals surface area contributed by atoms with Crippen molar-refractivity contribution in [1.82, 2.24) is 4.90 Å². The largest absolute Gasteiger partial charge is 0.342 e. The summed E-state index contributed by atoms with van der Waals surface area (Å²) in [5.41, 5.74) is 5.72. The van der Waals surface area contributed by atoms with E-state index in [2.05, 4.69) is 4.90 Å². The second-order valence-electron chi connectivity index (χ2n) is 6.13. The third-order valence-electron chi connectivity index (χ3n) is 4.70. The second-order valence-corrected chi connectivity index (χ2v) is 6.13. The first-order valence-electron chi connectivity index (χ1n) is 7.77. The molecule has 2 aliphatic rings. The third kappa shape index (κ3) is 5.31. The van der Waals surface area contributed by atoms with Crippen molar-refractivity contribution in [1.29, 1.82) is 0 Å². The van der Waals surface area contributed by atoms with Crippen LogP contribution in [0.3, 0.4) is 0 Å². The maximum absolute atomic E-state index is 12.2. The highest BCUT2D eigenvalue weighted by Crippen LogP contribution is 2.27. The van der Waals surface area contributed by atoms with E-state index in [0.717, 1.165) is 44.8 Å². The van der Waals surface area contributed by atoms with Gasteiger partial charge in [-0.3, -0.25) is 4.79 Å². The highest BCUT2D eigenvalue weighted by atomic mass is 35.5. The molecule has 4 heteroatoms. The fourth-order valence-corrected chi connectivity index (χ4v) is 3.45. The molecule has 1 atom stereocenters. The molecule has 0 bridgehead atoms. The summed E-state index contributed by atoms with van der Waals surface area (Å²) in [4.78, 5) is 14.2. The molecular formula is C15H29ClN2O. The molecule has 1 saturated heterocycles. The van der Waals surface area contributed by atoms with Crippen LogP contribution in [0.25, 0.3) is 0 Å². The van der Waals surface area contributed by atoms with Gasteiger partial charge in [-0.25, -0.2) is 0 Å². The van der Waals surface area contributed by atoms with E-state index in [1.165, 1.54) is 38.5 Å². The van der Waals surface area contributed by atoms with Crippen LogP contribution in [-0.4, -0.2) is 30.4 Å². The predicted octanol–water partition coefficient (Wildman–Crippen LogP) is 2.97. The lowest BCUT2D eigenvalue weighted by atomic mass is 9.86. The summed E-state index contributed by atoms with van der Waals surface area (Å²) in [7, 11) is 0. The van der Waals surface area contributed by atoms with E-state index >= 15 is 0 Å². The molecule has 2 fully saturated rings. The molecule has 0 aromatic heterocycles. The average Bonchev–Trinajstić information content (AvgIpc) is 2.46. The first kappa shape index (κ1) is 16.8.